The van der Waals surface area contributed by atoms with Gasteiger partial charge in [0.25, 0.3) is 10.0 Å². The number of aromatic nitrogens is 3. The average Bonchev–Trinajstić information content (AvgIpc) is 2.91. The van der Waals surface area contributed by atoms with Crippen molar-refractivity contribution in [2.45, 2.75) is 4.90 Å². The van der Waals surface area contributed by atoms with Crippen LogP contribution in [0.4, 0.5) is 10.1 Å². The minimum atomic E-state index is -4.03. The van der Waals surface area contributed by atoms with Gasteiger partial charge < -0.3 is 0 Å². The van der Waals surface area contributed by atoms with E-state index in [0.717, 1.165) is 30.2 Å². The highest BCUT2D eigenvalue weighted by molar-refractivity contribution is 7.92. The van der Waals surface area contributed by atoms with Crippen LogP contribution in [-0.2, 0) is 10.0 Å². The lowest BCUT2D eigenvalue weighted by Crippen LogP contribution is -2.14. The number of hydrogen-bond donors (Lipinski definition) is 1. The molecular weight excluding hydrogens is 339 g/mol. The number of pyridine rings is 1. The van der Waals surface area contributed by atoms with Crippen LogP contribution < -0.4 is 4.72 Å². The SMILES string of the molecule is O=S(=O)(Nc1c(Cl)ccc2nsnc12)c1cncc(F)c1. The van der Waals surface area contributed by atoms with E-state index >= 15 is 0 Å². The zero-order valence-electron chi connectivity index (χ0n) is 10.1. The van der Waals surface area contributed by atoms with Crippen molar-refractivity contribution in [1.82, 2.24) is 13.7 Å². The summed E-state index contributed by atoms with van der Waals surface area (Å²) in [7, 11) is -4.03. The topological polar surface area (TPSA) is 84.8 Å². The number of anilines is 1. The lowest BCUT2D eigenvalue weighted by molar-refractivity contribution is 0.592. The van der Waals surface area contributed by atoms with Crippen molar-refractivity contribution in [3.05, 3.63) is 41.4 Å². The molecule has 0 amide bonds. The van der Waals surface area contributed by atoms with Crippen molar-refractivity contribution in [3.8, 4) is 0 Å². The average molecular weight is 345 g/mol. The second kappa shape index (κ2) is 5.17. The summed E-state index contributed by atoms with van der Waals surface area (Å²) in [5.74, 6) is -0.752. The van der Waals surface area contributed by atoms with Gasteiger partial charge in [-0.2, -0.15) is 8.75 Å². The molecule has 3 rings (SSSR count). The Kier molecular flexibility index (Phi) is 3.47. The van der Waals surface area contributed by atoms with Gasteiger partial charge in [0.05, 0.1) is 28.6 Å². The molecule has 10 heteroatoms. The standard InChI is InChI=1S/C11H6ClFN4O2S2/c12-8-1-2-9-11(16-20-15-9)10(8)17-21(18,19)7-3-6(13)4-14-5-7/h1-5,17H. The van der Waals surface area contributed by atoms with E-state index in [-0.39, 0.29) is 15.6 Å². The first-order valence-corrected chi connectivity index (χ1v) is 8.11. The third-order valence-corrected chi connectivity index (χ3v) is 4.78. The summed E-state index contributed by atoms with van der Waals surface area (Å²) in [6.45, 7) is 0. The van der Waals surface area contributed by atoms with Crippen LogP contribution in [0.1, 0.15) is 0 Å². The van der Waals surface area contributed by atoms with Gasteiger partial charge in [0.2, 0.25) is 0 Å². The minimum Gasteiger partial charge on any atom is -0.276 e. The monoisotopic (exact) mass is 344 g/mol. The molecule has 0 aliphatic rings. The van der Waals surface area contributed by atoms with Gasteiger partial charge in [-0.3, -0.25) is 9.71 Å². The summed E-state index contributed by atoms with van der Waals surface area (Å²) < 4.78 is 47.9. The van der Waals surface area contributed by atoms with Gasteiger partial charge in [-0.05, 0) is 18.2 Å². The van der Waals surface area contributed by atoms with Crippen molar-refractivity contribution >= 4 is 50.1 Å². The second-order valence-electron chi connectivity index (χ2n) is 4.00. The van der Waals surface area contributed by atoms with E-state index in [1.165, 1.54) is 6.07 Å². The molecule has 0 saturated carbocycles. The Morgan fingerprint density at radius 2 is 2.05 bits per heavy atom. The zero-order chi connectivity index (χ0) is 15.0. The maximum absolute atomic E-state index is 13.1. The van der Waals surface area contributed by atoms with Crippen LogP contribution in [0.25, 0.3) is 11.0 Å². The lowest BCUT2D eigenvalue weighted by atomic mass is 10.3. The molecule has 0 saturated heterocycles. The summed E-state index contributed by atoms with van der Waals surface area (Å²) >= 11 is 6.94. The van der Waals surface area contributed by atoms with E-state index in [1.807, 2.05) is 0 Å². The molecular formula is C11H6ClFN4O2S2. The van der Waals surface area contributed by atoms with E-state index in [1.54, 1.807) is 6.07 Å². The summed E-state index contributed by atoms with van der Waals surface area (Å²) in [5.41, 5.74) is 0.951. The predicted octanol–water partition coefficient (Wildman–Crippen LogP) is 2.68. The molecule has 2 aromatic heterocycles. The summed E-state index contributed by atoms with van der Waals surface area (Å²) in [4.78, 5) is 3.21. The molecule has 1 aromatic carbocycles. The van der Waals surface area contributed by atoms with Crippen LogP contribution in [0.2, 0.25) is 5.02 Å². The molecule has 0 bridgehead atoms. The molecule has 3 aromatic rings. The number of nitrogens with one attached hydrogen (secondary N) is 1. The lowest BCUT2D eigenvalue weighted by Gasteiger charge is -2.09. The number of nitrogens with zero attached hydrogens (tertiary/aromatic N) is 3. The van der Waals surface area contributed by atoms with Gasteiger partial charge in [0.1, 0.15) is 21.7 Å². The number of benzene rings is 1. The summed E-state index contributed by atoms with van der Waals surface area (Å²) in [6.07, 6.45) is 1.95. The van der Waals surface area contributed by atoms with Gasteiger partial charge in [-0.15, -0.1) is 0 Å². The fourth-order valence-corrected chi connectivity index (χ4v) is 3.52. The second-order valence-corrected chi connectivity index (χ2v) is 6.62. The van der Waals surface area contributed by atoms with Gasteiger partial charge in [0, 0.05) is 6.20 Å². The fraction of sp³-hybridized carbons (Fsp3) is 0. The molecule has 0 unspecified atom stereocenters. The van der Waals surface area contributed by atoms with Crippen LogP contribution in [0.3, 0.4) is 0 Å². The number of hydrogen-bond acceptors (Lipinski definition) is 6. The maximum atomic E-state index is 13.1. The van der Waals surface area contributed by atoms with Gasteiger partial charge in [-0.25, -0.2) is 12.8 Å². The number of fused-ring (bicyclic) bond motifs is 1. The largest absolute Gasteiger partial charge is 0.276 e. The van der Waals surface area contributed by atoms with E-state index in [9.17, 15) is 12.8 Å². The van der Waals surface area contributed by atoms with Gasteiger partial charge >= 0.3 is 0 Å². The Balaban J connectivity index is 2.09. The summed E-state index contributed by atoms with van der Waals surface area (Å²) in [6, 6.07) is 4.00. The highest BCUT2D eigenvalue weighted by Gasteiger charge is 2.20. The molecule has 0 atom stereocenters. The molecule has 108 valence electrons. The van der Waals surface area contributed by atoms with Crippen LogP contribution in [0, 0.1) is 5.82 Å². The third-order valence-electron chi connectivity index (χ3n) is 2.60. The molecule has 0 fully saturated rings. The molecule has 0 aliphatic heterocycles. The maximum Gasteiger partial charge on any atom is 0.263 e. The van der Waals surface area contributed by atoms with Crippen molar-refractivity contribution in [2.75, 3.05) is 4.72 Å². The first kappa shape index (κ1) is 14.1. The fourth-order valence-electron chi connectivity index (χ4n) is 1.66. The Morgan fingerprint density at radius 3 is 2.81 bits per heavy atom. The van der Waals surface area contributed by atoms with E-state index < -0.39 is 15.8 Å². The van der Waals surface area contributed by atoms with E-state index in [2.05, 4.69) is 18.5 Å². The number of sulfonamides is 1. The quantitative estimate of drug-likeness (QED) is 0.789. The molecule has 0 spiro atoms. The van der Waals surface area contributed by atoms with Crippen molar-refractivity contribution in [3.63, 3.8) is 0 Å². The van der Waals surface area contributed by atoms with Crippen LogP contribution in [-0.4, -0.2) is 22.1 Å². The van der Waals surface area contributed by atoms with Crippen molar-refractivity contribution in [1.29, 1.82) is 0 Å². The molecule has 21 heavy (non-hydrogen) atoms. The molecule has 6 nitrogen and oxygen atoms in total. The summed E-state index contributed by atoms with van der Waals surface area (Å²) in [5, 5.41) is 0.170. The minimum absolute atomic E-state index is 0.104. The highest BCUT2D eigenvalue weighted by Crippen LogP contribution is 2.31. The van der Waals surface area contributed by atoms with Gasteiger partial charge in [-0.1, -0.05) is 11.6 Å². The first-order valence-electron chi connectivity index (χ1n) is 5.51. The molecule has 2 heterocycles. The smallest absolute Gasteiger partial charge is 0.263 e. The Bertz CT molecular complexity index is 929. The molecule has 0 aliphatic carbocycles. The Hall–Kier alpha value is -1.84. The van der Waals surface area contributed by atoms with Gasteiger partial charge in [0.15, 0.2) is 0 Å². The first-order chi connectivity index (χ1) is 9.97. The number of rotatable bonds is 3. The van der Waals surface area contributed by atoms with Crippen LogP contribution in [0.5, 0.6) is 0 Å². The zero-order valence-corrected chi connectivity index (χ0v) is 12.5. The van der Waals surface area contributed by atoms with Crippen LogP contribution >= 0.6 is 23.3 Å². The highest BCUT2D eigenvalue weighted by atomic mass is 35.5. The normalized spacial score (nSPS) is 11.7. The molecule has 1 N–H and O–H groups in total. The van der Waals surface area contributed by atoms with Crippen molar-refractivity contribution in [2.24, 2.45) is 0 Å². The van der Waals surface area contributed by atoms with E-state index in [4.69, 9.17) is 11.6 Å². The molecule has 0 radical (unpaired) electrons. The van der Waals surface area contributed by atoms with Crippen molar-refractivity contribution < 1.29 is 12.8 Å². The Labute approximate surface area is 128 Å². The Morgan fingerprint density at radius 1 is 1.24 bits per heavy atom. The number of halogens is 2. The predicted molar refractivity (Wildman–Crippen MR) is 77.4 cm³/mol. The van der Waals surface area contributed by atoms with Crippen LogP contribution in [0.15, 0.2) is 35.5 Å². The third kappa shape index (κ3) is 2.67. The van der Waals surface area contributed by atoms with E-state index in [0.29, 0.717) is 11.0 Å².